The molecule has 1 fully saturated rings. The predicted octanol–water partition coefficient (Wildman–Crippen LogP) is 2.65. The van der Waals surface area contributed by atoms with Crippen LogP contribution in [0.2, 0.25) is 0 Å². The minimum absolute atomic E-state index is 0.113. The van der Waals surface area contributed by atoms with Gasteiger partial charge < -0.3 is 9.42 Å². The summed E-state index contributed by atoms with van der Waals surface area (Å²) in [5.74, 6) is -1.41. The zero-order valence-electron chi connectivity index (χ0n) is 12.9. The Hall–Kier alpha value is -3.16. The molecule has 1 saturated heterocycles. The highest BCUT2D eigenvalue weighted by Crippen LogP contribution is 2.29. The van der Waals surface area contributed by atoms with Gasteiger partial charge in [0.25, 0.3) is 5.91 Å². The van der Waals surface area contributed by atoms with Crippen LogP contribution in [0.4, 0.5) is 8.78 Å². The molecule has 0 N–H and O–H groups in total. The number of carbonyl (C=O) groups is 1. The number of carbonyl (C=O) groups excluding carboxylic acids is 1. The van der Waals surface area contributed by atoms with Crippen molar-refractivity contribution in [2.75, 3.05) is 13.1 Å². The van der Waals surface area contributed by atoms with Crippen molar-refractivity contribution in [1.29, 1.82) is 0 Å². The van der Waals surface area contributed by atoms with Crippen LogP contribution in [0.25, 0.3) is 11.5 Å². The van der Waals surface area contributed by atoms with Gasteiger partial charge in [-0.15, -0.1) is 0 Å². The van der Waals surface area contributed by atoms with Gasteiger partial charge in [0.1, 0.15) is 17.3 Å². The average Bonchev–Trinajstić information content (AvgIpc) is 3.04. The molecule has 3 aromatic rings. The van der Waals surface area contributed by atoms with Crippen molar-refractivity contribution < 1.29 is 18.1 Å². The topological polar surface area (TPSA) is 72.1 Å². The number of halogens is 2. The lowest BCUT2D eigenvalue weighted by atomic mass is 9.98. The van der Waals surface area contributed by atoms with Crippen molar-refractivity contribution in [2.24, 2.45) is 0 Å². The molecule has 1 aromatic carbocycles. The van der Waals surface area contributed by atoms with E-state index < -0.39 is 17.5 Å². The van der Waals surface area contributed by atoms with Gasteiger partial charge in [0, 0.05) is 25.4 Å². The van der Waals surface area contributed by atoms with Gasteiger partial charge >= 0.3 is 0 Å². The lowest BCUT2D eigenvalue weighted by Crippen LogP contribution is -2.48. The van der Waals surface area contributed by atoms with Crippen LogP contribution in [-0.4, -0.2) is 39.0 Å². The summed E-state index contributed by atoms with van der Waals surface area (Å²) >= 11 is 0. The summed E-state index contributed by atoms with van der Waals surface area (Å²) in [6, 6.07) is 8.27. The molecule has 3 heterocycles. The predicted molar refractivity (Wildman–Crippen MR) is 82.5 cm³/mol. The lowest BCUT2D eigenvalue weighted by molar-refractivity contribution is 0.0564. The number of pyridine rings is 1. The van der Waals surface area contributed by atoms with E-state index >= 15 is 0 Å². The fourth-order valence-corrected chi connectivity index (χ4v) is 2.63. The van der Waals surface area contributed by atoms with Crippen LogP contribution in [0.3, 0.4) is 0 Å². The molecule has 0 unspecified atom stereocenters. The van der Waals surface area contributed by atoms with Gasteiger partial charge in [0.05, 0.1) is 11.5 Å². The van der Waals surface area contributed by atoms with E-state index in [9.17, 15) is 13.6 Å². The third-order valence-corrected chi connectivity index (χ3v) is 4.02. The van der Waals surface area contributed by atoms with E-state index in [0.717, 1.165) is 12.1 Å². The fraction of sp³-hybridized carbons (Fsp3) is 0.176. The van der Waals surface area contributed by atoms with Gasteiger partial charge in [-0.1, -0.05) is 11.2 Å². The molecule has 2 aromatic heterocycles. The van der Waals surface area contributed by atoms with Crippen LogP contribution in [0.15, 0.2) is 47.1 Å². The Morgan fingerprint density at radius 1 is 1.20 bits per heavy atom. The van der Waals surface area contributed by atoms with E-state index in [1.54, 1.807) is 18.3 Å². The molecule has 1 aliphatic rings. The minimum Gasteiger partial charge on any atom is -0.338 e. The summed E-state index contributed by atoms with van der Waals surface area (Å²) in [6.07, 6.45) is 1.63. The first kappa shape index (κ1) is 15.4. The number of aromatic nitrogens is 3. The average molecular weight is 342 g/mol. The van der Waals surface area contributed by atoms with Crippen molar-refractivity contribution in [2.45, 2.75) is 5.92 Å². The molecule has 0 aliphatic carbocycles. The second-order valence-electron chi connectivity index (χ2n) is 5.70. The maximum atomic E-state index is 13.7. The Morgan fingerprint density at radius 3 is 2.76 bits per heavy atom. The zero-order valence-corrected chi connectivity index (χ0v) is 12.9. The maximum absolute atomic E-state index is 13.7. The van der Waals surface area contributed by atoms with E-state index in [1.165, 1.54) is 4.90 Å². The second kappa shape index (κ2) is 6.04. The van der Waals surface area contributed by atoms with Gasteiger partial charge in [-0.3, -0.25) is 9.78 Å². The standard InChI is InChI=1S/C17H12F2N4O2/c18-11-4-5-12(13(19)7-11)17(24)23-8-10(9-23)16-21-15(22-25-16)14-3-1-2-6-20-14/h1-7,10H,8-9H2. The summed E-state index contributed by atoms with van der Waals surface area (Å²) in [5, 5.41) is 3.89. The van der Waals surface area contributed by atoms with Crippen molar-refractivity contribution in [3.8, 4) is 11.5 Å². The molecular formula is C17H12F2N4O2. The number of hydrogen-bond acceptors (Lipinski definition) is 5. The molecule has 0 saturated carbocycles. The molecule has 0 radical (unpaired) electrons. The first-order chi connectivity index (χ1) is 12.1. The normalized spacial score (nSPS) is 14.4. The SMILES string of the molecule is O=C(c1ccc(F)cc1F)N1CC(c2nc(-c3ccccn3)no2)C1. The van der Waals surface area contributed by atoms with Gasteiger partial charge in [0.2, 0.25) is 11.7 Å². The van der Waals surface area contributed by atoms with Crippen LogP contribution >= 0.6 is 0 Å². The second-order valence-corrected chi connectivity index (χ2v) is 5.70. The molecule has 1 amide bonds. The Balaban J connectivity index is 1.44. The Kier molecular flexibility index (Phi) is 3.72. The number of benzene rings is 1. The van der Waals surface area contributed by atoms with Crippen molar-refractivity contribution in [3.63, 3.8) is 0 Å². The molecule has 0 bridgehead atoms. The summed E-state index contributed by atoms with van der Waals surface area (Å²) in [4.78, 5) is 22.1. The van der Waals surface area contributed by atoms with Crippen molar-refractivity contribution in [1.82, 2.24) is 20.0 Å². The lowest BCUT2D eigenvalue weighted by Gasteiger charge is -2.37. The van der Waals surface area contributed by atoms with Gasteiger partial charge in [-0.05, 0) is 24.3 Å². The summed E-state index contributed by atoms with van der Waals surface area (Å²) in [7, 11) is 0. The molecule has 8 heteroatoms. The highest BCUT2D eigenvalue weighted by Gasteiger charge is 2.36. The van der Waals surface area contributed by atoms with E-state index in [4.69, 9.17) is 4.52 Å². The van der Waals surface area contributed by atoms with Crippen LogP contribution < -0.4 is 0 Å². The monoisotopic (exact) mass is 342 g/mol. The minimum atomic E-state index is -0.872. The molecule has 6 nitrogen and oxygen atoms in total. The molecular weight excluding hydrogens is 330 g/mol. The maximum Gasteiger partial charge on any atom is 0.256 e. The third kappa shape index (κ3) is 2.86. The van der Waals surface area contributed by atoms with Crippen molar-refractivity contribution in [3.05, 3.63) is 65.7 Å². The highest BCUT2D eigenvalue weighted by atomic mass is 19.1. The number of rotatable bonds is 3. The Labute approximate surface area is 141 Å². The number of hydrogen-bond donors (Lipinski definition) is 0. The fourth-order valence-electron chi connectivity index (χ4n) is 2.63. The Bertz CT molecular complexity index is 923. The van der Waals surface area contributed by atoms with E-state index in [-0.39, 0.29) is 11.5 Å². The summed E-state index contributed by atoms with van der Waals surface area (Å²) in [5.41, 5.74) is 0.442. The number of likely N-dealkylation sites (tertiary alicyclic amines) is 1. The van der Waals surface area contributed by atoms with Crippen LogP contribution in [-0.2, 0) is 0 Å². The van der Waals surface area contributed by atoms with Crippen LogP contribution in [0.5, 0.6) is 0 Å². The first-order valence-electron chi connectivity index (χ1n) is 7.61. The zero-order chi connectivity index (χ0) is 17.4. The van der Waals surface area contributed by atoms with Gasteiger partial charge in [-0.2, -0.15) is 4.98 Å². The smallest absolute Gasteiger partial charge is 0.256 e. The van der Waals surface area contributed by atoms with Crippen LogP contribution in [0.1, 0.15) is 22.2 Å². The summed E-state index contributed by atoms with van der Waals surface area (Å²) < 4.78 is 31.9. The van der Waals surface area contributed by atoms with Gasteiger partial charge in [0.15, 0.2) is 0 Å². The van der Waals surface area contributed by atoms with E-state index in [2.05, 4.69) is 15.1 Å². The number of amides is 1. The van der Waals surface area contributed by atoms with Gasteiger partial charge in [-0.25, -0.2) is 8.78 Å². The largest absolute Gasteiger partial charge is 0.338 e. The quantitative estimate of drug-likeness (QED) is 0.732. The molecule has 126 valence electrons. The Morgan fingerprint density at radius 2 is 2.04 bits per heavy atom. The third-order valence-electron chi connectivity index (χ3n) is 4.02. The molecule has 1 aliphatic heterocycles. The highest BCUT2D eigenvalue weighted by molar-refractivity contribution is 5.95. The van der Waals surface area contributed by atoms with E-state index in [0.29, 0.717) is 36.6 Å². The van der Waals surface area contributed by atoms with Crippen molar-refractivity contribution >= 4 is 5.91 Å². The first-order valence-corrected chi connectivity index (χ1v) is 7.61. The van der Waals surface area contributed by atoms with E-state index in [1.807, 2.05) is 6.07 Å². The molecule has 4 rings (SSSR count). The van der Waals surface area contributed by atoms with Crippen LogP contribution in [0, 0.1) is 11.6 Å². The molecule has 0 atom stereocenters. The number of nitrogens with zero attached hydrogens (tertiary/aromatic N) is 4. The summed E-state index contributed by atoms with van der Waals surface area (Å²) in [6.45, 7) is 0.666. The molecule has 0 spiro atoms. The molecule has 25 heavy (non-hydrogen) atoms.